The second kappa shape index (κ2) is 4.55. The molecule has 2 N–H and O–H groups in total. The molecule has 0 spiro atoms. The molecule has 0 unspecified atom stereocenters. The lowest BCUT2D eigenvalue weighted by molar-refractivity contribution is 1.02. The van der Waals surface area contributed by atoms with Crippen LogP contribution in [0.3, 0.4) is 0 Å². The topological polar surface area (TPSA) is 74.4 Å². The standard InChI is InChI=1S/C13H12N4OS/c1-7-3-5-8(6-4-7)10-14-11-9(12(18)15-10)13(19-2)17-16-11/h3-6H,1-2H3,(H2,14,15,16,17,18). The average molecular weight is 272 g/mol. The third kappa shape index (κ3) is 2.04. The summed E-state index contributed by atoms with van der Waals surface area (Å²) in [4.78, 5) is 19.3. The van der Waals surface area contributed by atoms with Gasteiger partial charge in [-0.3, -0.25) is 9.89 Å². The molecule has 3 rings (SSSR count). The Kier molecular flexibility index (Phi) is 2.87. The van der Waals surface area contributed by atoms with Gasteiger partial charge in [0.05, 0.1) is 0 Å². The summed E-state index contributed by atoms with van der Waals surface area (Å²) in [6.07, 6.45) is 1.88. The van der Waals surface area contributed by atoms with Gasteiger partial charge < -0.3 is 4.98 Å². The van der Waals surface area contributed by atoms with Crippen molar-refractivity contribution in [1.82, 2.24) is 20.2 Å². The number of H-pyrrole nitrogens is 2. The van der Waals surface area contributed by atoms with Gasteiger partial charge in [-0.25, -0.2) is 4.98 Å². The third-order valence-electron chi connectivity index (χ3n) is 2.91. The average Bonchev–Trinajstić information content (AvgIpc) is 2.83. The Morgan fingerprint density at radius 3 is 2.63 bits per heavy atom. The molecule has 0 aliphatic rings. The van der Waals surface area contributed by atoms with Gasteiger partial charge in [0.25, 0.3) is 5.56 Å². The number of nitrogens with one attached hydrogen (secondary N) is 2. The van der Waals surface area contributed by atoms with Crippen LogP contribution in [0.15, 0.2) is 34.1 Å². The SMILES string of the molecule is CSc1n[nH]c2nc(-c3ccc(C)cc3)[nH]c(=O)c12. The molecule has 5 nitrogen and oxygen atoms in total. The maximum absolute atomic E-state index is 12.1. The zero-order valence-corrected chi connectivity index (χ0v) is 11.3. The Morgan fingerprint density at radius 2 is 1.95 bits per heavy atom. The van der Waals surface area contributed by atoms with Crippen molar-refractivity contribution in [2.24, 2.45) is 0 Å². The van der Waals surface area contributed by atoms with Crippen molar-refractivity contribution >= 4 is 22.8 Å². The highest BCUT2D eigenvalue weighted by Crippen LogP contribution is 2.21. The summed E-state index contributed by atoms with van der Waals surface area (Å²) in [5.74, 6) is 0.550. The lowest BCUT2D eigenvalue weighted by Gasteiger charge is -2.01. The number of hydrogen-bond acceptors (Lipinski definition) is 4. The summed E-state index contributed by atoms with van der Waals surface area (Å²) in [5, 5.41) is 8.06. The molecular weight excluding hydrogens is 260 g/mol. The van der Waals surface area contributed by atoms with Gasteiger partial charge in [-0.15, -0.1) is 11.8 Å². The van der Waals surface area contributed by atoms with Crippen molar-refractivity contribution in [3.63, 3.8) is 0 Å². The van der Waals surface area contributed by atoms with Gasteiger partial charge in [0.15, 0.2) is 5.65 Å². The number of hydrogen-bond donors (Lipinski definition) is 2. The van der Waals surface area contributed by atoms with Crippen molar-refractivity contribution < 1.29 is 0 Å². The molecule has 3 aromatic rings. The lowest BCUT2D eigenvalue weighted by atomic mass is 10.1. The monoisotopic (exact) mass is 272 g/mol. The van der Waals surface area contributed by atoms with Crippen molar-refractivity contribution in [3.8, 4) is 11.4 Å². The number of benzene rings is 1. The van der Waals surface area contributed by atoms with Crippen molar-refractivity contribution in [3.05, 3.63) is 40.2 Å². The molecule has 0 radical (unpaired) electrons. The zero-order chi connectivity index (χ0) is 13.4. The Hall–Kier alpha value is -2.08. The Balaban J connectivity index is 2.21. The highest BCUT2D eigenvalue weighted by molar-refractivity contribution is 7.98. The molecule has 19 heavy (non-hydrogen) atoms. The van der Waals surface area contributed by atoms with E-state index in [0.717, 1.165) is 5.56 Å². The molecule has 2 aromatic heterocycles. The molecule has 0 aliphatic carbocycles. The first kappa shape index (κ1) is 12.0. The summed E-state index contributed by atoms with van der Waals surface area (Å²) in [6.45, 7) is 2.02. The van der Waals surface area contributed by atoms with Gasteiger partial charge in [0.2, 0.25) is 0 Å². The molecule has 6 heteroatoms. The van der Waals surface area contributed by atoms with E-state index in [1.54, 1.807) is 0 Å². The lowest BCUT2D eigenvalue weighted by Crippen LogP contribution is -2.09. The van der Waals surface area contributed by atoms with E-state index in [2.05, 4.69) is 20.2 Å². The van der Waals surface area contributed by atoms with E-state index in [1.165, 1.54) is 17.3 Å². The summed E-state index contributed by atoms with van der Waals surface area (Å²) >= 11 is 1.42. The van der Waals surface area contributed by atoms with Gasteiger partial charge in [-0.2, -0.15) is 5.10 Å². The van der Waals surface area contributed by atoms with Crippen molar-refractivity contribution in [2.75, 3.05) is 6.26 Å². The van der Waals surface area contributed by atoms with Gasteiger partial charge >= 0.3 is 0 Å². The number of aromatic nitrogens is 4. The van der Waals surface area contributed by atoms with Crippen LogP contribution in [0, 0.1) is 6.92 Å². The number of rotatable bonds is 2. The van der Waals surface area contributed by atoms with Crippen LogP contribution in [-0.4, -0.2) is 26.4 Å². The van der Waals surface area contributed by atoms with E-state index >= 15 is 0 Å². The van der Waals surface area contributed by atoms with Gasteiger partial charge in [0.1, 0.15) is 16.2 Å². The van der Waals surface area contributed by atoms with Crippen molar-refractivity contribution in [1.29, 1.82) is 0 Å². The second-order valence-electron chi connectivity index (χ2n) is 4.24. The van der Waals surface area contributed by atoms with Gasteiger partial charge in [-0.1, -0.05) is 29.8 Å². The normalized spacial score (nSPS) is 11.1. The number of thioether (sulfide) groups is 1. The summed E-state index contributed by atoms with van der Waals surface area (Å²) in [5.41, 5.74) is 2.39. The van der Waals surface area contributed by atoms with E-state index in [9.17, 15) is 4.79 Å². The number of aryl methyl sites for hydroxylation is 1. The van der Waals surface area contributed by atoms with Crippen LogP contribution >= 0.6 is 11.8 Å². The molecule has 0 saturated heterocycles. The van der Waals surface area contributed by atoms with E-state index < -0.39 is 0 Å². The summed E-state index contributed by atoms with van der Waals surface area (Å²) in [7, 11) is 0. The molecule has 0 aliphatic heterocycles. The molecule has 2 heterocycles. The van der Waals surface area contributed by atoms with Crippen LogP contribution in [0.1, 0.15) is 5.56 Å². The molecule has 1 aromatic carbocycles. The first-order valence-corrected chi connectivity index (χ1v) is 7.01. The zero-order valence-electron chi connectivity index (χ0n) is 10.5. The maximum atomic E-state index is 12.1. The Labute approximate surface area is 113 Å². The van der Waals surface area contributed by atoms with Crippen LogP contribution < -0.4 is 5.56 Å². The molecule has 0 fully saturated rings. The molecule has 0 amide bonds. The Bertz CT molecular complexity index is 789. The van der Waals surface area contributed by atoms with Crippen LogP contribution in [0.4, 0.5) is 0 Å². The first-order chi connectivity index (χ1) is 9.19. The number of aromatic amines is 2. The Morgan fingerprint density at radius 1 is 1.21 bits per heavy atom. The fourth-order valence-electron chi connectivity index (χ4n) is 1.91. The minimum atomic E-state index is -0.168. The van der Waals surface area contributed by atoms with E-state index in [-0.39, 0.29) is 5.56 Å². The molecule has 0 bridgehead atoms. The van der Waals surface area contributed by atoms with Crippen LogP contribution in [0.25, 0.3) is 22.4 Å². The first-order valence-electron chi connectivity index (χ1n) is 5.78. The number of fused-ring (bicyclic) bond motifs is 1. The van der Waals surface area contributed by atoms with Crippen LogP contribution in [0.2, 0.25) is 0 Å². The minimum absolute atomic E-state index is 0.168. The highest BCUT2D eigenvalue weighted by atomic mass is 32.2. The van der Waals surface area contributed by atoms with Crippen LogP contribution in [-0.2, 0) is 0 Å². The van der Waals surface area contributed by atoms with Crippen LogP contribution in [0.5, 0.6) is 0 Å². The smallest absolute Gasteiger partial charge is 0.263 e. The second-order valence-corrected chi connectivity index (χ2v) is 5.03. The quantitative estimate of drug-likeness (QED) is 0.702. The van der Waals surface area contributed by atoms with E-state index in [4.69, 9.17) is 0 Å². The predicted octanol–water partition coefficient (Wildman–Crippen LogP) is 2.34. The molecule has 0 atom stereocenters. The fourth-order valence-corrected chi connectivity index (χ4v) is 2.44. The summed E-state index contributed by atoms with van der Waals surface area (Å²) in [6, 6.07) is 7.84. The van der Waals surface area contributed by atoms with Crippen molar-refractivity contribution in [2.45, 2.75) is 11.9 Å². The van der Waals surface area contributed by atoms with E-state index in [0.29, 0.717) is 21.9 Å². The summed E-state index contributed by atoms with van der Waals surface area (Å²) < 4.78 is 0. The maximum Gasteiger partial charge on any atom is 0.263 e. The van der Waals surface area contributed by atoms with Gasteiger partial charge in [-0.05, 0) is 13.2 Å². The molecule has 96 valence electrons. The largest absolute Gasteiger partial charge is 0.306 e. The minimum Gasteiger partial charge on any atom is -0.306 e. The predicted molar refractivity (Wildman–Crippen MR) is 76.5 cm³/mol. The molecule has 0 saturated carbocycles. The molecular formula is C13H12N4OS. The van der Waals surface area contributed by atoms with Gasteiger partial charge in [0, 0.05) is 5.56 Å². The third-order valence-corrected chi connectivity index (χ3v) is 3.60. The van der Waals surface area contributed by atoms with E-state index in [1.807, 2.05) is 37.4 Å². The number of nitrogens with zero attached hydrogens (tertiary/aromatic N) is 2. The fraction of sp³-hybridized carbons (Fsp3) is 0.154. The highest BCUT2D eigenvalue weighted by Gasteiger charge is 2.12.